The first-order valence-electron chi connectivity index (χ1n) is 5.16. The first-order chi connectivity index (χ1) is 7.63. The van der Waals surface area contributed by atoms with Crippen LogP contribution in [0.1, 0.15) is 13.8 Å². The van der Waals surface area contributed by atoms with Gasteiger partial charge < -0.3 is 0 Å². The molecule has 0 bridgehead atoms. The molecule has 0 aliphatic carbocycles. The quantitative estimate of drug-likeness (QED) is 0.846. The highest BCUT2D eigenvalue weighted by Gasteiger charge is 2.09. The van der Waals surface area contributed by atoms with E-state index >= 15 is 0 Å². The van der Waals surface area contributed by atoms with Crippen LogP contribution < -0.4 is 5.32 Å². The number of thioether (sulfide) groups is 1. The topological polar surface area (TPSA) is 35.8 Å². The lowest BCUT2D eigenvalue weighted by Crippen LogP contribution is -2.35. The molecule has 86 valence electrons. The number of nitrogens with one attached hydrogen (secondary N) is 1. The van der Waals surface area contributed by atoms with Crippen LogP contribution in [0.5, 0.6) is 0 Å². The van der Waals surface area contributed by atoms with Crippen molar-refractivity contribution in [2.75, 3.05) is 5.75 Å². The monoisotopic (exact) mass is 298 g/mol. The van der Waals surface area contributed by atoms with Crippen LogP contribution in [0.25, 0.3) is 0 Å². The Morgan fingerprint density at radius 3 is 2.69 bits per heavy atom. The SMILES string of the molecule is CC(C)NC(C#N)CSc1ccccc1Br. The minimum Gasteiger partial charge on any atom is -0.299 e. The Morgan fingerprint density at radius 1 is 1.44 bits per heavy atom. The van der Waals surface area contributed by atoms with Gasteiger partial charge in [-0.05, 0) is 41.9 Å². The number of rotatable bonds is 5. The van der Waals surface area contributed by atoms with Gasteiger partial charge in [0.25, 0.3) is 0 Å². The summed E-state index contributed by atoms with van der Waals surface area (Å²) in [5.74, 6) is 0.761. The summed E-state index contributed by atoms with van der Waals surface area (Å²) in [5.41, 5.74) is 0. The number of benzene rings is 1. The van der Waals surface area contributed by atoms with Crippen molar-refractivity contribution in [1.82, 2.24) is 5.32 Å². The first-order valence-corrected chi connectivity index (χ1v) is 6.94. The molecule has 0 fully saturated rings. The van der Waals surface area contributed by atoms with Crippen LogP contribution in [-0.2, 0) is 0 Å². The summed E-state index contributed by atoms with van der Waals surface area (Å²) in [5, 5.41) is 12.2. The van der Waals surface area contributed by atoms with Gasteiger partial charge in [0, 0.05) is 21.2 Å². The molecule has 1 aromatic carbocycles. The molecule has 0 amide bonds. The van der Waals surface area contributed by atoms with Crippen LogP contribution in [0.2, 0.25) is 0 Å². The van der Waals surface area contributed by atoms with Crippen LogP contribution in [-0.4, -0.2) is 17.8 Å². The van der Waals surface area contributed by atoms with Crippen molar-refractivity contribution in [1.29, 1.82) is 5.26 Å². The zero-order valence-electron chi connectivity index (χ0n) is 9.40. The maximum atomic E-state index is 8.98. The van der Waals surface area contributed by atoms with Crippen molar-refractivity contribution in [3.05, 3.63) is 28.7 Å². The maximum absolute atomic E-state index is 8.98. The molecule has 0 aliphatic heterocycles. The number of nitrogens with zero attached hydrogens (tertiary/aromatic N) is 1. The molecule has 0 saturated carbocycles. The summed E-state index contributed by atoms with van der Waals surface area (Å²) in [4.78, 5) is 1.17. The summed E-state index contributed by atoms with van der Waals surface area (Å²) in [6, 6.07) is 10.6. The lowest BCUT2D eigenvalue weighted by molar-refractivity contribution is 0.560. The van der Waals surface area contributed by atoms with Crippen molar-refractivity contribution in [2.24, 2.45) is 0 Å². The molecule has 16 heavy (non-hydrogen) atoms. The molecular formula is C12H15BrN2S. The molecule has 1 rings (SSSR count). The molecule has 4 heteroatoms. The van der Waals surface area contributed by atoms with E-state index in [2.05, 4.69) is 33.4 Å². The molecule has 1 N–H and O–H groups in total. The molecular weight excluding hydrogens is 284 g/mol. The van der Waals surface area contributed by atoms with Crippen LogP contribution in [0.15, 0.2) is 33.6 Å². The fraction of sp³-hybridized carbons (Fsp3) is 0.417. The maximum Gasteiger partial charge on any atom is 0.105 e. The molecule has 0 aromatic heterocycles. The normalized spacial score (nSPS) is 12.4. The number of halogens is 1. The summed E-state index contributed by atoms with van der Waals surface area (Å²) < 4.78 is 1.08. The van der Waals surface area contributed by atoms with Crippen molar-refractivity contribution >= 4 is 27.7 Å². The van der Waals surface area contributed by atoms with Gasteiger partial charge >= 0.3 is 0 Å². The molecule has 1 atom stereocenters. The number of hydrogen-bond acceptors (Lipinski definition) is 3. The Bertz CT molecular complexity index is 374. The largest absolute Gasteiger partial charge is 0.299 e. The zero-order chi connectivity index (χ0) is 12.0. The van der Waals surface area contributed by atoms with Gasteiger partial charge in [-0.15, -0.1) is 11.8 Å². The smallest absolute Gasteiger partial charge is 0.105 e. The van der Waals surface area contributed by atoms with E-state index in [9.17, 15) is 0 Å². The summed E-state index contributed by atoms with van der Waals surface area (Å²) in [6.45, 7) is 4.10. The Kier molecular flexibility index (Phi) is 5.89. The van der Waals surface area contributed by atoms with E-state index in [-0.39, 0.29) is 6.04 Å². The average molecular weight is 299 g/mol. The second-order valence-electron chi connectivity index (χ2n) is 3.74. The molecule has 0 radical (unpaired) electrons. The van der Waals surface area contributed by atoms with E-state index in [1.807, 2.05) is 32.0 Å². The van der Waals surface area contributed by atoms with Gasteiger partial charge in [-0.2, -0.15) is 5.26 Å². The zero-order valence-corrected chi connectivity index (χ0v) is 11.8. The molecule has 1 aromatic rings. The van der Waals surface area contributed by atoms with Crippen LogP contribution in [0.4, 0.5) is 0 Å². The summed E-state index contributed by atoms with van der Waals surface area (Å²) >= 11 is 5.18. The average Bonchev–Trinajstić information content (AvgIpc) is 2.25. The highest BCUT2D eigenvalue weighted by Crippen LogP contribution is 2.27. The van der Waals surface area contributed by atoms with E-state index in [0.29, 0.717) is 6.04 Å². The minimum atomic E-state index is -0.0999. The van der Waals surface area contributed by atoms with Crippen molar-refractivity contribution in [3.8, 4) is 6.07 Å². The molecule has 0 heterocycles. The standard InChI is InChI=1S/C12H15BrN2S/c1-9(2)15-10(7-14)8-16-12-6-4-3-5-11(12)13/h3-6,9-10,15H,8H2,1-2H3. The third kappa shape index (κ3) is 4.56. The molecule has 0 saturated heterocycles. The van der Waals surface area contributed by atoms with Gasteiger partial charge in [0.15, 0.2) is 0 Å². The van der Waals surface area contributed by atoms with E-state index in [4.69, 9.17) is 5.26 Å². The van der Waals surface area contributed by atoms with Crippen molar-refractivity contribution in [3.63, 3.8) is 0 Å². The third-order valence-electron chi connectivity index (χ3n) is 1.93. The lowest BCUT2D eigenvalue weighted by atomic mass is 10.3. The summed E-state index contributed by atoms with van der Waals surface area (Å²) in [7, 11) is 0. The van der Waals surface area contributed by atoms with Gasteiger partial charge in [0.1, 0.15) is 6.04 Å². The Hall–Kier alpha value is -0.500. The Labute approximate surface area is 110 Å². The van der Waals surface area contributed by atoms with Gasteiger partial charge in [0.2, 0.25) is 0 Å². The van der Waals surface area contributed by atoms with Gasteiger partial charge in [-0.25, -0.2) is 0 Å². The van der Waals surface area contributed by atoms with Crippen molar-refractivity contribution in [2.45, 2.75) is 30.8 Å². The minimum absolute atomic E-state index is 0.0999. The lowest BCUT2D eigenvalue weighted by Gasteiger charge is -2.14. The van der Waals surface area contributed by atoms with Crippen LogP contribution in [0.3, 0.4) is 0 Å². The highest BCUT2D eigenvalue weighted by molar-refractivity contribution is 9.10. The molecule has 0 aliphatic rings. The predicted octanol–water partition coefficient (Wildman–Crippen LogP) is 3.43. The van der Waals surface area contributed by atoms with Gasteiger partial charge in [-0.3, -0.25) is 5.32 Å². The van der Waals surface area contributed by atoms with E-state index in [1.165, 1.54) is 4.90 Å². The molecule has 2 nitrogen and oxygen atoms in total. The highest BCUT2D eigenvalue weighted by atomic mass is 79.9. The van der Waals surface area contributed by atoms with Crippen molar-refractivity contribution < 1.29 is 0 Å². The second kappa shape index (κ2) is 6.95. The second-order valence-corrected chi connectivity index (χ2v) is 5.66. The summed E-state index contributed by atoms with van der Waals surface area (Å²) in [6.07, 6.45) is 0. The van der Waals surface area contributed by atoms with Gasteiger partial charge in [0.05, 0.1) is 6.07 Å². The van der Waals surface area contributed by atoms with E-state index in [0.717, 1.165) is 10.2 Å². The molecule has 1 unspecified atom stereocenters. The first kappa shape index (κ1) is 13.6. The molecule has 0 spiro atoms. The van der Waals surface area contributed by atoms with Crippen LogP contribution in [0, 0.1) is 11.3 Å². The number of nitriles is 1. The number of hydrogen-bond donors (Lipinski definition) is 1. The van der Waals surface area contributed by atoms with E-state index in [1.54, 1.807) is 11.8 Å². The van der Waals surface area contributed by atoms with Gasteiger partial charge in [-0.1, -0.05) is 12.1 Å². The third-order valence-corrected chi connectivity index (χ3v) is 4.05. The predicted molar refractivity (Wildman–Crippen MR) is 72.5 cm³/mol. The fourth-order valence-electron chi connectivity index (χ4n) is 1.26. The van der Waals surface area contributed by atoms with Crippen LogP contribution >= 0.6 is 27.7 Å². The van der Waals surface area contributed by atoms with E-state index < -0.39 is 0 Å². The Balaban J connectivity index is 2.50. The Morgan fingerprint density at radius 2 is 2.12 bits per heavy atom. The fourth-order valence-corrected chi connectivity index (χ4v) is 2.79.